The van der Waals surface area contributed by atoms with Gasteiger partial charge in [0, 0.05) is 165 Å². The van der Waals surface area contributed by atoms with E-state index in [1.165, 1.54) is 85.5 Å². The Morgan fingerprint density at radius 1 is 0.415 bits per heavy atom. The fourth-order valence-electron chi connectivity index (χ4n) is 20.4. The lowest BCUT2D eigenvalue weighted by Gasteiger charge is -2.40. The molecule has 0 bridgehead atoms. The lowest BCUT2D eigenvalue weighted by Crippen LogP contribution is -2.42. The second-order valence-electron chi connectivity index (χ2n) is 36.7. The van der Waals surface area contributed by atoms with Gasteiger partial charge in [-0.25, -0.2) is 19.2 Å². The molecule has 6 aromatic heterocycles. The zero-order valence-corrected chi connectivity index (χ0v) is 81.9. The summed E-state index contributed by atoms with van der Waals surface area (Å²) in [5.74, 6) is -2.03. The second kappa shape index (κ2) is 43.1. The molecule has 4 fully saturated rings. The van der Waals surface area contributed by atoms with Crippen LogP contribution < -0.4 is 36.6 Å². The van der Waals surface area contributed by atoms with Gasteiger partial charge in [0.1, 0.15) is 0 Å². The molecule has 15 rings (SSSR count). The summed E-state index contributed by atoms with van der Waals surface area (Å²) >= 11 is 0. The number of carbonyl (C=O) groups excluding carboxylic acids is 4. The van der Waals surface area contributed by atoms with E-state index in [0.717, 1.165) is 174 Å². The monoisotopic (exact) mass is 1790 g/mol. The molecule has 4 aliphatic carbocycles. The van der Waals surface area contributed by atoms with Gasteiger partial charge >= 0.3 is 23.9 Å². The van der Waals surface area contributed by atoms with Crippen molar-refractivity contribution in [1.82, 2.24) is 78.8 Å². The van der Waals surface area contributed by atoms with Gasteiger partial charge in [0.05, 0.1) is 119 Å². The maximum Gasteiger partial charge on any atom is 0.338 e. The number of aromatic amines is 1. The number of nitrogens with two attached hydrogens (primary N) is 1. The van der Waals surface area contributed by atoms with E-state index in [2.05, 4.69) is 153 Å². The van der Waals surface area contributed by atoms with Crippen LogP contribution in [0.3, 0.4) is 0 Å². The minimum atomic E-state index is -0.876. The first-order valence-corrected chi connectivity index (χ1v) is 46.0. The topological polar surface area (TPSA) is 328 Å². The SMILES string of the molecule is CCN(c1c(C)c(C(=O)NCc2c(C)cc(C)[nH]c2=O)cc2c1cnn2C)C1CCC(N(C)C)CC1.CCN(c1c(C)c(C(=O)O)cc2c1cnn2C)C1CCC(N(C)C)CC1.CCN(c1c(C)c(C(=O)OC)cc2c1cnn2C)C1CCC(N(C)C)CC1.COC(=O)c1cc2c(cnn2C)c(N)c1C.COC(=O)c1cc2c(cnn2C)c(NC2CCC(N(C)C)CC2)c1C. The number of nitrogens with one attached hydrogen (secondary N) is 3. The van der Waals surface area contributed by atoms with Crippen molar-refractivity contribution in [2.75, 3.05) is 123 Å². The van der Waals surface area contributed by atoms with Crippen molar-refractivity contribution >= 4 is 113 Å². The number of aromatic nitrogens is 11. The van der Waals surface area contributed by atoms with Crippen molar-refractivity contribution in [2.24, 2.45) is 35.2 Å². The molecule has 704 valence electrons. The number of carbonyl (C=O) groups is 5. The summed E-state index contributed by atoms with van der Waals surface area (Å²) in [6.07, 6.45) is 27.9. The third-order valence-electron chi connectivity index (χ3n) is 28.3. The Balaban J connectivity index is 0.000000160. The fraction of sp³-hybridized carbons (Fsp3) is 0.545. The minimum Gasteiger partial charge on any atom is -0.478 e. The molecule has 4 aliphatic rings. The van der Waals surface area contributed by atoms with Crippen LogP contribution in [0.25, 0.3) is 54.5 Å². The van der Waals surface area contributed by atoms with Crippen molar-refractivity contribution in [1.29, 1.82) is 0 Å². The van der Waals surface area contributed by atoms with Gasteiger partial charge in [-0.05, 0) is 298 Å². The molecule has 0 spiro atoms. The zero-order valence-electron chi connectivity index (χ0n) is 81.9. The molecule has 11 aromatic rings. The number of carboxylic acid groups (broad SMARTS) is 1. The highest BCUT2D eigenvalue weighted by atomic mass is 16.5. The van der Waals surface area contributed by atoms with E-state index in [0.29, 0.717) is 87.4 Å². The minimum absolute atomic E-state index is 0.155. The summed E-state index contributed by atoms with van der Waals surface area (Å²) in [4.78, 5) is 93.4. The average Bonchev–Trinajstić information content (AvgIpc) is 1.53. The number of rotatable bonds is 22. The van der Waals surface area contributed by atoms with Crippen molar-refractivity contribution < 1.29 is 43.3 Å². The van der Waals surface area contributed by atoms with Crippen molar-refractivity contribution in [3.05, 3.63) is 150 Å². The largest absolute Gasteiger partial charge is 0.478 e. The van der Waals surface area contributed by atoms with Crippen molar-refractivity contribution in [2.45, 2.75) is 227 Å². The molecular weight excluding hydrogens is 1640 g/mol. The summed E-state index contributed by atoms with van der Waals surface area (Å²) < 4.78 is 23.6. The number of amides is 1. The number of nitrogens with zero attached hydrogens (tertiary/aromatic N) is 17. The Kier molecular flexibility index (Phi) is 32.9. The highest BCUT2D eigenvalue weighted by Crippen LogP contribution is 2.43. The van der Waals surface area contributed by atoms with Gasteiger partial charge < -0.3 is 75.0 Å². The van der Waals surface area contributed by atoms with E-state index < -0.39 is 5.97 Å². The number of H-pyrrole nitrogens is 1. The Hall–Kier alpha value is -11.4. The predicted octanol–water partition coefficient (Wildman–Crippen LogP) is 14.7. The molecule has 31 nitrogen and oxygen atoms in total. The molecule has 0 unspecified atom stereocenters. The molecule has 5 aromatic carbocycles. The van der Waals surface area contributed by atoms with E-state index in [4.69, 9.17) is 19.9 Å². The normalized spacial score (nSPS) is 18.7. The number of fused-ring (bicyclic) bond motifs is 5. The number of anilines is 5. The predicted molar refractivity (Wildman–Crippen MR) is 522 cm³/mol. The first-order valence-electron chi connectivity index (χ1n) is 46.0. The van der Waals surface area contributed by atoms with Crippen LogP contribution in [-0.2, 0) is 56.0 Å². The van der Waals surface area contributed by atoms with E-state index >= 15 is 0 Å². The van der Waals surface area contributed by atoms with Crippen LogP contribution in [0.4, 0.5) is 28.4 Å². The third kappa shape index (κ3) is 21.3. The van der Waals surface area contributed by atoms with Gasteiger partial charge in [-0.2, -0.15) is 25.5 Å². The smallest absolute Gasteiger partial charge is 0.338 e. The van der Waals surface area contributed by atoms with Crippen LogP contribution in [0.5, 0.6) is 0 Å². The van der Waals surface area contributed by atoms with Gasteiger partial charge in [-0.15, -0.1) is 0 Å². The first-order chi connectivity index (χ1) is 61.8. The number of benzene rings is 5. The quantitative estimate of drug-likeness (QED) is 0.0239. The highest BCUT2D eigenvalue weighted by Gasteiger charge is 2.36. The number of aromatic carboxylic acids is 1. The number of ether oxygens (including phenoxy) is 3. The average molecular weight is 1790 g/mol. The summed E-state index contributed by atoms with van der Waals surface area (Å²) in [5, 5.41) is 43.4. The van der Waals surface area contributed by atoms with Crippen molar-refractivity contribution in [3.8, 4) is 0 Å². The summed E-state index contributed by atoms with van der Waals surface area (Å²) in [5.41, 5.74) is 24.7. The standard InChI is InChI=1S/C28H40N6O2.C21H32N4O2.C20H30N4O2.C19H28N4O2.C11H13N3O2/c1-8-34(21-11-9-20(10-12-21)32(5)6)26-19(4)22(14-25-24(26)16-30-33(25)7)27(35)29-15-23-17(2)13-18(3)31-28(23)36;1-7-25(16-10-8-15(9-11-16)23(3)4)20-14(2)17(21(26)27-6)12-19-18(20)13-22-24(19)5;1-6-24(15-9-7-14(8-10-15)22(3)4)19-13(2)16(20(25)26)11-18-17(19)12-21-23(18)5;1-12-15(19(24)25-5)10-17-16(11-20-23(17)4)18(12)21-13-6-8-14(9-7-13)22(2)3;1-6-7(11(15)16-3)4-9-8(10(6)12)5-13-14(9)2/h13-14,16,20-21H,8-12,15H2,1-7H3,(H,29,35)(H,31,36);12-13,15-16H,7-11H2,1-6H3;11-12,14-15H,6-10H2,1-5H3,(H,25,26);10-11,13-14,21H,6-9H2,1-5H3;4-5H,12H2,1-3H3. The van der Waals surface area contributed by atoms with Gasteiger partial charge in [0.15, 0.2) is 0 Å². The molecule has 0 radical (unpaired) electrons. The zero-order chi connectivity index (χ0) is 94.9. The van der Waals surface area contributed by atoms with E-state index in [1.54, 1.807) is 46.3 Å². The lowest BCUT2D eigenvalue weighted by molar-refractivity contribution is 0.0591. The number of esters is 3. The Labute approximate surface area is 766 Å². The third-order valence-corrected chi connectivity index (χ3v) is 28.3. The molecule has 0 atom stereocenters. The lowest BCUT2D eigenvalue weighted by atomic mass is 9.88. The molecule has 6 heterocycles. The van der Waals surface area contributed by atoms with E-state index in [-0.39, 0.29) is 35.9 Å². The first kappa shape index (κ1) is 99.2. The number of pyridine rings is 1. The maximum absolute atomic E-state index is 13.5. The Morgan fingerprint density at radius 3 is 1.05 bits per heavy atom. The van der Waals surface area contributed by atoms with Gasteiger partial charge in [-0.3, -0.25) is 33.0 Å². The molecule has 31 heteroatoms. The number of aryl methyl sites for hydroxylation is 7. The molecule has 0 saturated heterocycles. The van der Waals surface area contributed by atoms with Crippen LogP contribution in [-0.4, -0.2) is 254 Å². The molecule has 0 aliphatic heterocycles. The second-order valence-corrected chi connectivity index (χ2v) is 36.7. The van der Waals surface area contributed by atoms with E-state index in [1.807, 2.05) is 128 Å². The van der Waals surface area contributed by atoms with Crippen LogP contribution in [0.15, 0.2) is 72.2 Å². The van der Waals surface area contributed by atoms with Crippen LogP contribution in [0, 0.1) is 48.5 Å². The van der Waals surface area contributed by atoms with Gasteiger partial charge in [0.25, 0.3) is 11.5 Å². The molecule has 130 heavy (non-hydrogen) atoms. The maximum atomic E-state index is 13.5. The number of methoxy groups -OCH3 is 3. The fourth-order valence-corrected chi connectivity index (χ4v) is 20.4. The summed E-state index contributed by atoms with van der Waals surface area (Å²) in [7, 11) is 30.9. The molecule has 6 N–H and O–H groups in total. The van der Waals surface area contributed by atoms with Crippen LogP contribution in [0.1, 0.15) is 220 Å². The number of hydrogen-bond acceptors (Lipinski definition) is 23. The highest BCUT2D eigenvalue weighted by molar-refractivity contribution is 6.08. The van der Waals surface area contributed by atoms with Gasteiger partial charge in [-0.1, -0.05) is 0 Å². The summed E-state index contributed by atoms with van der Waals surface area (Å²) in [6, 6.07) is 15.5. The van der Waals surface area contributed by atoms with E-state index in [9.17, 15) is 33.9 Å². The molecule has 1 amide bonds. The van der Waals surface area contributed by atoms with Gasteiger partial charge in [0.2, 0.25) is 0 Å². The number of nitrogen functional groups attached to an aromatic ring is 1. The summed E-state index contributed by atoms with van der Waals surface area (Å²) in [6.45, 7) is 22.9. The molecular formula is C99H143N21O10. The molecule has 4 saturated carbocycles. The van der Waals surface area contributed by atoms with Crippen molar-refractivity contribution in [3.63, 3.8) is 0 Å². The Morgan fingerprint density at radius 2 is 0.708 bits per heavy atom. The number of hydrogen-bond donors (Lipinski definition) is 5. The number of carboxylic acids is 1. The van der Waals surface area contributed by atoms with Crippen LogP contribution in [0.2, 0.25) is 0 Å². The Bertz CT molecular complexity index is 5910. The van der Waals surface area contributed by atoms with Crippen LogP contribution >= 0.6 is 0 Å².